The summed E-state index contributed by atoms with van der Waals surface area (Å²) in [6, 6.07) is 6.38. The monoisotopic (exact) mass is 273 g/mol. The molecule has 0 aliphatic heterocycles. The van der Waals surface area contributed by atoms with E-state index in [0.717, 1.165) is 13.0 Å². The van der Waals surface area contributed by atoms with Crippen molar-refractivity contribution >= 4 is 0 Å². The van der Waals surface area contributed by atoms with Crippen LogP contribution in [0.5, 0.6) is 5.75 Å². The Hall–Kier alpha value is -1.02. The Labute approximate surface area is 122 Å². The highest BCUT2D eigenvalue weighted by molar-refractivity contribution is 5.38. The summed E-state index contributed by atoms with van der Waals surface area (Å²) >= 11 is 0. The molecule has 0 amide bonds. The van der Waals surface area contributed by atoms with E-state index in [4.69, 9.17) is 0 Å². The highest BCUT2D eigenvalue weighted by Gasteiger charge is 2.28. The molecule has 3 rings (SSSR count). The van der Waals surface area contributed by atoms with E-state index in [1.54, 1.807) is 0 Å². The van der Waals surface area contributed by atoms with Crippen molar-refractivity contribution in [3.8, 4) is 5.75 Å². The van der Waals surface area contributed by atoms with E-state index in [-0.39, 0.29) is 0 Å². The number of nitrogens with one attached hydrogen (secondary N) is 1. The molecule has 0 saturated heterocycles. The van der Waals surface area contributed by atoms with Crippen LogP contribution >= 0.6 is 0 Å². The van der Waals surface area contributed by atoms with Crippen LogP contribution in [0.2, 0.25) is 0 Å². The minimum absolute atomic E-state index is 0.406. The summed E-state index contributed by atoms with van der Waals surface area (Å²) in [4.78, 5) is 0. The Balaban J connectivity index is 1.67. The van der Waals surface area contributed by atoms with Gasteiger partial charge in [-0.15, -0.1) is 0 Å². The minimum Gasteiger partial charge on any atom is -0.508 e. The molecule has 2 aliphatic rings. The lowest BCUT2D eigenvalue weighted by Gasteiger charge is -2.36. The average molecular weight is 273 g/mol. The van der Waals surface area contributed by atoms with E-state index in [1.165, 1.54) is 56.1 Å². The zero-order chi connectivity index (χ0) is 14.0. The molecular formula is C18H27NO. The number of hydrogen-bond donors (Lipinski definition) is 2. The van der Waals surface area contributed by atoms with Crippen molar-refractivity contribution in [1.29, 1.82) is 0 Å². The molecule has 2 heteroatoms. The maximum absolute atomic E-state index is 9.63. The molecule has 0 bridgehead atoms. The summed E-state index contributed by atoms with van der Waals surface area (Å²) < 4.78 is 0. The van der Waals surface area contributed by atoms with Gasteiger partial charge in [0.15, 0.2) is 0 Å². The van der Waals surface area contributed by atoms with Gasteiger partial charge in [0, 0.05) is 12.6 Å². The molecule has 1 unspecified atom stereocenters. The highest BCUT2D eigenvalue weighted by Crippen LogP contribution is 2.37. The van der Waals surface area contributed by atoms with E-state index in [1.807, 2.05) is 12.1 Å². The fourth-order valence-electron chi connectivity index (χ4n) is 3.96. The first kappa shape index (κ1) is 13.9. The topological polar surface area (TPSA) is 32.3 Å². The van der Waals surface area contributed by atoms with Gasteiger partial charge in [0.1, 0.15) is 5.75 Å². The molecule has 1 aromatic rings. The second-order valence-corrected chi connectivity index (χ2v) is 7.08. The van der Waals surface area contributed by atoms with Gasteiger partial charge in [-0.05, 0) is 60.8 Å². The average Bonchev–Trinajstić information content (AvgIpc) is 2.45. The van der Waals surface area contributed by atoms with Crippen molar-refractivity contribution in [1.82, 2.24) is 5.32 Å². The van der Waals surface area contributed by atoms with Crippen molar-refractivity contribution in [3.63, 3.8) is 0 Å². The maximum atomic E-state index is 9.63. The van der Waals surface area contributed by atoms with Crippen LogP contribution in [-0.2, 0) is 6.42 Å². The summed E-state index contributed by atoms with van der Waals surface area (Å²) in [6.07, 6.45) is 10.5. The molecule has 20 heavy (non-hydrogen) atoms. The van der Waals surface area contributed by atoms with E-state index in [2.05, 4.69) is 18.3 Å². The van der Waals surface area contributed by atoms with Gasteiger partial charge in [-0.25, -0.2) is 0 Å². The molecule has 1 saturated carbocycles. The third-order valence-corrected chi connectivity index (χ3v) is 5.28. The number of rotatable bonds is 3. The summed E-state index contributed by atoms with van der Waals surface area (Å²) in [5.41, 5.74) is 3.24. The van der Waals surface area contributed by atoms with E-state index < -0.39 is 0 Å². The lowest BCUT2D eigenvalue weighted by atomic mass is 9.75. The SMILES string of the molecule is CC1(CNC2CCCc3cc(O)ccc32)CCCCC1. The summed E-state index contributed by atoms with van der Waals surface area (Å²) in [7, 11) is 0. The first-order valence-electron chi connectivity index (χ1n) is 8.22. The van der Waals surface area contributed by atoms with Crippen LogP contribution in [0.4, 0.5) is 0 Å². The van der Waals surface area contributed by atoms with E-state index in [0.29, 0.717) is 17.2 Å². The molecule has 1 aromatic carbocycles. The van der Waals surface area contributed by atoms with Gasteiger partial charge >= 0.3 is 0 Å². The number of aromatic hydroxyl groups is 1. The number of phenolic OH excluding ortho intramolecular Hbond substituents is 1. The standard InChI is InChI=1S/C18H27NO/c1-18(10-3-2-4-11-18)13-19-17-7-5-6-14-12-15(20)8-9-16(14)17/h8-9,12,17,19-20H,2-7,10-11,13H2,1H3. The van der Waals surface area contributed by atoms with Gasteiger partial charge < -0.3 is 10.4 Å². The maximum Gasteiger partial charge on any atom is 0.115 e. The van der Waals surface area contributed by atoms with E-state index >= 15 is 0 Å². The molecule has 2 N–H and O–H groups in total. The fraction of sp³-hybridized carbons (Fsp3) is 0.667. The minimum atomic E-state index is 0.406. The van der Waals surface area contributed by atoms with Crippen LogP contribution in [0.25, 0.3) is 0 Å². The molecule has 2 aliphatic carbocycles. The number of aryl methyl sites for hydroxylation is 1. The van der Waals surface area contributed by atoms with Crippen LogP contribution in [-0.4, -0.2) is 11.7 Å². The zero-order valence-corrected chi connectivity index (χ0v) is 12.6. The van der Waals surface area contributed by atoms with Gasteiger partial charge in [-0.3, -0.25) is 0 Å². The van der Waals surface area contributed by atoms with Gasteiger partial charge in [-0.1, -0.05) is 32.3 Å². The van der Waals surface area contributed by atoms with Crippen LogP contribution < -0.4 is 5.32 Å². The van der Waals surface area contributed by atoms with Gasteiger partial charge in [0.05, 0.1) is 0 Å². The van der Waals surface area contributed by atoms with Crippen molar-refractivity contribution in [2.75, 3.05) is 6.54 Å². The first-order chi connectivity index (χ1) is 9.66. The summed E-state index contributed by atoms with van der Waals surface area (Å²) in [5, 5.41) is 13.5. The van der Waals surface area contributed by atoms with Crippen molar-refractivity contribution in [2.24, 2.45) is 5.41 Å². The van der Waals surface area contributed by atoms with Gasteiger partial charge in [-0.2, -0.15) is 0 Å². The Bertz CT molecular complexity index is 462. The Morgan fingerprint density at radius 3 is 2.80 bits per heavy atom. The van der Waals surface area contributed by atoms with Crippen molar-refractivity contribution in [2.45, 2.75) is 64.3 Å². The van der Waals surface area contributed by atoms with Crippen molar-refractivity contribution < 1.29 is 5.11 Å². The fourth-order valence-corrected chi connectivity index (χ4v) is 3.96. The molecule has 0 spiro atoms. The van der Waals surface area contributed by atoms with Crippen LogP contribution in [0.15, 0.2) is 18.2 Å². The van der Waals surface area contributed by atoms with Crippen molar-refractivity contribution in [3.05, 3.63) is 29.3 Å². The molecule has 2 nitrogen and oxygen atoms in total. The molecule has 0 aromatic heterocycles. The molecule has 0 radical (unpaired) electrons. The first-order valence-corrected chi connectivity index (χ1v) is 8.22. The lowest BCUT2D eigenvalue weighted by molar-refractivity contribution is 0.197. The zero-order valence-electron chi connectivity index (χ0n) is 12.6. The Kier molecular flexibility index (Phi) is 4.02. The quantitative estimate of drug-likeness (QED) is 0.859. The molecule has 110 valence electrons. The van der Waals surface area contributed by atoms with Gasteiger partial charge in [0.2, 0.25) is 0 Å². The predicted octanol–water partition coefficient (Wildman–Crippen LogP) is 4.33. The Morgan fingerprint density at radius 1 is 1.20 bits per heavy atom. The lowest BCUT2D eigenvalue weighted by Crippen LogP contribution is -2.36. The molecule has 1 atom stereocenters. The summed E-state index contributed by atoms with van der Waals surface area (Å²) in [5.74, 6) is 0.406. The Morgan fingerprint density at radius 2 is 2.00 bits per heavy atom. The third-order valence-electron chi connectivity index (χ3n) is 5.28. The van der Waals surface area contributed by atoms with Gasteiger partial charge in [0.25, 0.3) is 0 Å². The highest BCUT2D eigenvalue weighted by atomic mass is 16.3. The molecule has 0 heterocycles. The smallest absolute Gasteiger partial charge is 0.115 e. The largest absolute Gasteiger partial charge is 0.508 e. The third kappa shape index (κ3) is 3.01. The number of hydrogen-bond acceptors (Lipinski definition) is 2. The number of phenols is 1. The second kappa shape index (κ2) is 5.77. The second-order valence-electron chi connectivity index (χ2n) is 7.08. The summed E-state index contributed by atoms with van der Waals surface area (Å²) in [6.45, 7) is 3.58. The molecule has 1 fully saturated rings. The van der Waals surface area contributed by atoms with Crippen LogP contribution in [0, 0.1) is 5.41 Å². The normalized spacial score (nSPS) is 25.1. The van der Waals surface area contributed by atoms with Crippen LogP contribution in [0.3, 0.4) is 0 Å². The number of fused-ring (bicyclic) bond motifs is 1. The molecular weight excluding hydrogens is 246 g/mol. The van der Waals surface area contributed by atoms with E-state index in [9.17, 15) is 5.11 Å². The predicted molar refractivity (Wildman–Crippen MR) is 83.0 cm³/mol. The van der Waals surface area contributed by atoms with Crippen LogP contribution in [0.1, 0.15) is 69.0 Å². The number of benzene rings is 1.